The van der Waals surface area contributed by atoms with Gasteiger partial charge in [0.1, 0.15) is 12.4 Å². The largest absolute Gasteiger partial charge is 0.486 e. The molecule has 2 aromatic carbocycles. The molecule has 2 aromatic rings. The molecule has 3 aliphatic rings. The van der Waals surface area contributed by atoms with Gasteiger partial charge in [0.05, 0.1) is 27.0 Å². The first-order valence-electron chi connectivity index (χ1n) is 9.99. The van der Waals surface area contributed by atoms with E-state index in [1.807, 2.05) is 30.3 Å². The lowest BCUT2D eigenvalue weighted by Crippen LogP contribution is -2.28. The molecular formula is C23H16Br4N2O3. The maximum atomic E-state index is 12.8. The van der Waals surface area contributed by atoms with Crippen LogP contribution < -0.4 is 4.74 Å². The Labute approximate surface area is 218 Å². The third-order valence-electron chi connectivity index (χ3n) is 6.18. The number of hydrazone groups is 1. The van der Waals surface area contributed by atoms with Gasteiger partial charge in [-0.15, -0.1) is 0 Å². The molecule has 2 amide bonds. The topological polar surface area (TPSA) is 59.0 Å². The zero-order valence-electron chi connectivity index (χ0n) is 16.5. The summed E-state index contributed by atoms with van der Waals surface area (Å²) >= 11 is 14.1. The van der Waals surface area contributed by atoms with Crippen LogP contribution in [0.5, 0.6) is 5.75 Å². The number of hydrogen-bond donors (Lipinski definition) is 0. The van der Waals surface area contributed by atoms with Crippen LogP contribution in [0.15, 0.2) is 65.5 Å². The third kappa shape index (κ3) is 3.95. The molecule has 5 rings (SSSR count). The monoisotopic (exact) mass is 684 g/mol. The first-order chi connectivity index (χ1) is 15.3. The fourth-order valence-electron chi connectivity index (χ4n) is 4.71. The molecule has 1 saturated heterocycles. The Morgan fingerprint density at radius 3 is 2.16 bits per heavy atom. The number of carbonyl (C=O) groups is 2. The highest BCUT2D eigenvalue weighted by Crippen LogP contribution is 2.52. The van der Waals surface area contributed by atoms with Gasteiger partial charge in [-0.2, -0.15) is 10.1 Å². The lowest BCUT2D eigenvalue weighted by atomic mass is 9.85. The van der Waals surface area contributed by atoms with Crippen LogP contribution >= 0.6 is 63.7 Å². The van der Waals surface area contributed by atoms with Crippen LogP contribution in [-0.2, 0) is 16.2 Å². The van der Waals surface area contributed by atoms with Crippen molar-refractivity contribution in [1.29, 1.82) is 0 Å². The van der Waals surface area contributed by atoms with E-state index in [1.165, 1.54) is 6.21 Å². The summed E-state index contributed by atoms with van der Waals surface area (Å²) in [5, 5.41) is 5.30. The Morgan fingerprint density at radius 2 is 1.56 bits per heavy atom. The third-order valence-corrected chi connectivity index (χ3v) is 8.59. The highest BCUT2D eigenvalue weighted by molar-refractivity contribution is 9.11. The first kappa shape index (κ1) is 22.5. The van der Waals surface area contributed by atoms with Gasteiger partial charge in [0.15, 0.2) is 0 Å². The molecule has 9 heteroatoms. The number of carbonyl (C=O) groups excluding carboxylic acids is 2. The average Bonchev–Trinajstić information content (AvgIpc) is 3.42. The van der Waals surface area contributed by atoms with Crippen molar-refractivity contribution < 1.29 is 14.3 Å². The second kappa shape index (κ2) is 8.81. The Bertz CT molecular complexity index is 1140. The fourth-order valence-corrected chi connectivity index (χ4v) is 7.32. The number of allylic oxidation sites excluding steroid dienone is 2. The van der Waals surface area contributed by atoms with E-state index in [0.717, 1.165) is 40.4 Å². The predicted octanol–water partition coefficient (Wildman–Crippen LogP) is 6.46. The summed E-state index contributed by atoms with van der Waals surface area (Å²) in [7, 11) is 0. The van der Waals surface area contributed by atoms with Gasteiger partial charge in [-0.25, -0.2) is 0 Å². The van der Waals surface area contributed by atoms with E-state index in [9.17, 15) is 9.59 Å². The minimum atomic E-state index is -0.248. The Morgan fingerprint density at radius 1 is 0.938 bits per heavy atom. The Kier molecular flexibility index (Phi) is 6.20. The Hall–Kier alpha value is -1.29. The van der Waals surface area contributed by atoms with E-state index in [-0.39, 0.29) is 35.5 Å². The van der Waals surface area contributed by atoms with Crippen LogP contribution in [0, 0.1) is 23.7 Å². The van der Waals surface area contributed by atoms with Gasteiger partial charge in [0.25, 0.3) is 11.8 Å². The van der Waals surface area contributed by atoms with Crippen molar-refractivity contribution in [2.24, 2.45) is 28.8 Å². The van der Waals surface area contributed by atoms with Gasteiger partial charge in [0, 0.05) is 14.5 Å². The average molecular weight is 688 g/mol. The molecule has 0 radical (unpaired) electrons. The number of hydrogen-bond acceptors (Lipinski definition) is 4. The maximum Gasteiger partial charge on any atom is 0.254 e. The number of ether oxygens (including phenoxy) is 1. The van der Waals surface area contributed by atoms with Crippen LogP contribution in [0.2, 0.25) is 0 Å². The van der Waals surface area contributed by atoms with E-state index >= 15 is 0 Å². The van der Waals surface area contributed by atoms with Crippen molar-refractivity contribution in [3.63, 3.8) is 0 Å². The van der Waals surface area contributed by atoms with Gasteiger partial charge in [-0.05, 0) is 79.9 Å². The molecule has 2 bridgehead atoms. The lowest BCUT2D eigenvalue weighted by molar-refractivity contribution is -0.140. The Balaban J connectivity index is 1.31. The zero-order valence-corrected chi connectivity index (χ0v) is 22.8. The second-order valence-corrected chi connectivity index (χ2v) is 11.5. The van der Waals surface area contributed by atoms with Crippen LogP contribution in [0.3, 0.4) is 0 Å². The van der Waals surface area contributed by atoms with Crippen molar-refractivity contribution in [2.45, 2.75) is 13.0 Å². The molecular weight excluding hydrogens is 672 g/mol. The number of imide groups is 1. The van der Waals surface area contributed by atoms with Gasteiger partial charge in [-0.3, -0.25) is 9.59 Å². The molecule has 5 nitrogen and oxygen atoms in total. The number of benzene rings is 2. The molecule has 2 aliphatic carbocycles. The molecule has 4 atom stereocenters. The molecule has 1 saturated carbocycles. The SMILES string of the molecule is O=C1[C@@H]2[C@H](C(=O)N1N=Cc1cc(Br)c(OCc3ccc(Br)cc3Br)c(Br)c1)[C@H]1C=C[C@H]2C1. The molecule has 2 fully saturated rings. The van der Waals surface area contributed by atoms with E-state index in [4.69, 9.17) is 4.74 Å². The summed E-state index contributed by atoms with van der Waals surface area (Å²) in [6, 6.07) is 9.61. The van der Waals surface area contributed by atoms with Crippen LogP contribution in [-0.4, -0.2) is 23.0 Å². The van der Waals surface area contributed by atoms with Crippen molar-refractivity contribution in [3.8, 4) is 5.75 Å². The van der Waals surface area contributed by atoms with Crippen LogP contribution in [0.4, 0.5) is 0 Å². The van der Waals surface area contributed by atoms with Gasteiger partial charge in [-0.1, -0.05) is 50.1 Å². The number of nitrogens with zero attached hydrogens (tertiary/aromatic N) is 2. The summed E-state index contributed by atoms with van der Waals surface area (Å²) in [4.78, 5) is 25.6. The minimum Gasteiger partial charge on any atom is -0.486 e. The maximum absolute atomic E-state index is 12.8. The number of amides is 2. The molecule has 164 valence electrons. The normalized spacial score (nSPS) is 25.9. The number of rotatable bonds is 5. The van der Waals surface area contributed by atoms with E-state index in [1.54, 1.807) is 0 Å². The lowest BCUT2D eigenvalue weighted by Gasteiger charge is -2.13. The smallest absolute Gasteiger partial charge is 0.254 e. The summed E-state index contributed by atoms with van der Waals surface area (Å²) in [5.74, 6) is 0.128. The van der Waals surface area contributed by atoms with Crippen molar-refractivity contribution in [3.05, 3.63) is 71.5 Å². The van der Waals surface area contributed by atoms with Crippen molar-refractivity contribution >= 4 is 81.7 Å². The van der Waals surface area contributed by atoms with Gasteiger partial charge in [0.2, 0.25) is 0 Å². The first-order valence-corrected chi connectivity index (χ1v) is 13.2. The molecule has 32 heavy (non-hydrogen) atoms. The molecule has 0 spiro atoms. The fraction of sp³-hybridized carbons (Fsp3) is 0.261. The molecule has 1 aliphatic heterocycles. The molecule has 0 aromatic heterocycles. The second-order valence-electron chi connectivity index (χ2n) is 8.07. The van der Waals surface area contributed by atoms with Crippen molar-refractivity contribution in [1.82, 2.24) is 5.01 Å². The summed E-state index contributed by atoms with van der Waals surface area (Å²) in [6.07, 6.45) is 6.59. The van der Waals surface area contributed by atoms with E-state index in [2.05, 4.69) is 81.0 Å². The molecule has 1 heterocycles. The zero-order chi connectivity index (χ0) is 22.6. The standard InChI is InChI=1S/C23H16Br4N2O3/c24-15-4-3-14(16(25)8-15)10-32-21-17(26)5-11(6-18(21)27)9-28-29-22(30)19-12-1-2-13(7-12)20(19)23(29)31/h1-6,8-9,12-13,19-20H,7,10H2/t12-,13-,19-,20+/m0/s1. The highest BCUT2D eigenvalue weighted by atomic mass is 79.9. The van der Waals surface area contributed by atoms with Crippen LogP contribution in [0.1, 0.15) is 17.5 Å². The number of halogens is 4. The summed E-state index contributed by atoms with van der Waals surface area (Å²) in [6.45, 7) is 0.383. The minimum absolute atomic E-state index is 0.173. The van der Waals surface area contributed by atoms with E-state index in [0.29, 0.717) is 12.4 Å². The van der Waals surface area contributed by atoms with E-state index < -0.39 is 0 Å². The van der Waals surface area contributed by atoms with Crippen LogP contribution in [0.25, 0.3) is 0 Å². The molecule has 0 N–H and O–H groups in total. The summed E-state index contributed by atoms with van der Waals surface area (Å²) in [5.41, 5.74) is 1.75. The number of fused-ring (bicyclic) bond motifs is 5. The quantitative estimate of drug-likeness (QED) is 0.206. The summed E-state index contributed by atoms with van der Waals surface area (Å²) < 4.78 is 9.43. The molecule has 0 unspecified atom stereocenters. The van der Waals surface area contributed by atoms with Crippen molar-refractivity contribution in [2.75, 3.05) is 0 Å². The van der Waals surface area contributed by atoms with Gasteiger partial charge < -0.3 is 4.74 Å². The predicted molar refractivity (Wildman–Crippen MR) is 135 cm³/mol. The van der Waals surface area contributed by atoms with Gasteiger partial charge >= 0.3 is 0 Å². The highest BCUT2D eigenvalue weighted by Gasteiger charge is 2.59.